The maximum atomic E-state index is 12.1. The van der Waals surface area contributed by atoms with Gasteiger partial charge in [0, 0.05) is 24.8 Å². The Balaban J connectivity index is 1.92. The molecule has 1 N–H and O–H groups in total. The third kappa shape index (κ3) is 4.37. The highest BCUT2D eigenvalue weighted by Crippen LogP contribution is 2.15. The molecule has 6 heteroatoms. The van der Waals surface area contributed by atoms with Gasteiger partial charge in [0.05, 0.1) is 5.75 Å². The van der Waals surface area contributed by atoms with Crippen molar-refractivity contribution in [3.8, 4) is 0 Å². The van der Waals surface area contributed by atoms with Crippen LogP contribution in [0, 0.1) is 0 Å². The number of nitrogens with one attached hydrogen (secondary N) is 1. The first-order chi connectivity index (χ1) is 9.69. The van der Waals surface area contributed by atoms with E-state index in [2.05, 4.69) is 9.97 Å². The average molecular weight is 295 g/mol. The number of carbonyl (C=O) groups excluding carboxylic acids is 1. The lowest BCUT2D eigenvalue weighted by molar-refractivity contribution is -0.128. The minimum atomic E-state index is -0.151. The lowest BCUT2D eigenvalue weighted by Crippen LogP contribution is -2.33. The van der Waals surface area contributed by atoms with Crippen molar-refractivity contribution in [1.29, 1.82) is 0 Å². The molecular weight excluding hydrogens is 274 g/mol. The number of aromatic amines is 1. The van der Waals surface area contributed by atoms with Crippen molar-refractivity contribution < 1.29 is 4.79 Å². The molecular formula is C14H21N3O2S. The quantitative estimate of drug-likeness (QED) is 0.680. The van der Waals surface area contributed by atoms with Gasteiger partial charge in [-0.05, 0) is 19.3 Å². The van der Waals surface area contributed by atoms with Crippen LogP contribution in [0.2, 0.25) is 0 Å². The number of amides is 1. The largest absolute Gasteiger partial charge is 0.342 e. The monoisotopic (exact) mass is 295 g/mol. The second-order valence-electron chi connectivity index (χ2n) is 4.98. The molecule has 5 nitrogen and oxygen atoms in total. The molecule has 0 atom stereocenters. The summed E-state index contributed by atoms with van der Waals surface area (Å²) in [4.78, 5) is 32.5. The van der Waals surface area contributed by atoms with Crippen molar-refractivity contribution in [2.24, 2.45) is 0 Å². The maximum Gasteiger partial charge on any atom is 0.251 e. The van der Waals surface area contributed by atoms with Crippen molar-refractivity contribution >= 4 is 17.7 Å². The number of hydrogen-bond donors (Lipinski definition) is 1. The highest BCUT2D eigenvalue weighted by Gasteiger charge is 2.16. The Morgan fingerprint density at radius 1 is 1.35 bits per heavy atom. The van der Waals surface area contributed by atoms with Crippen LogP contribution in [0.25, 0.3) is 0 Å². The molecule has 2 heterocycles. The highest BCUT2D eigenvalue weighted by molar-refractivity contribution is 7.99. The fraction of sp³-hybridized carbons (Fsp3) is 0.643. The van der Waals surface area contributed by atoms with Gasteiger partial charge in [-0.25, -0.2) is 4.98 Å². The van der Waals surface area contributed by atoms with Gasteiger partial charge in [0.25, 0.3) is 5.56 Å². The Hall–Kier alpha value is -1.30. The molecule has 2 rings (SSSR count). The summed E-state index contributed by atoms with van der Waals surface area (Å²) in [6.45, 7) is 3.68. The molecule has 0 bridgehead atoms. The number of nitrogens with zero attached hydrogens (tertiary/aromatic N) is 2. The van der Waals surface area contributed by atoms with E-state index in [1.165, 1.54) is 30.7 Å². The van der Waals surface area contributed by atoms with Crippen molar-refractivity contribution in [2.45, 2.75) is 44.2 Å². The van der Waals surface area contributed by atoms with Gasteiger partial charge in [-0.1, -0.05) is 31.5 Å². The molecule has 1 saturated heterocycles. The van der Waals surface area contributed by atoms with Gasteiger partial charge >= 0.3 is 0 Å². The molecule has 1 fully saturated rings. The van der Waals surface area contributed by atoms with E-state index in [-0.39, 0.29) is 11.5 Å². The number of aromatic nitrogens is 2. The van der Waals surface area contributed by atoms with E-state index in [9.17, 15) is 9.59 Å². The molecule has 1 aliphatic rings. The van der Waals surface area contributed by atoms with E-state index in [1.807, 2.05) is 11.8 Å². The topological polar surface area (TPSA) is 66.1 Å². The Morgan fingerprint density at radius 3 is 2.70 bits per heavy atom. The fourth-order valence-electron chi connectivity index (χ4n) is 2.27. The Bertz CT molecular complexity index is 507. The summed E-state index contributed by atoms with van der Waals surface area (Å²) in [5, 5.41) is 0.539. The third-order valence-electron chi connectivity index (χ3n) is 3.43. The number of H-pyrrole nitrogens is 1. The number of aryl methyl sites for hydroxylation is 1. The number of likely N-dealkylation sites (tertiary alicyclic amines) is 1. The first kappa shape index (κ1) is 15.1. The number of rotatable bonds is 4. The molecule has 0 radical (unpaired) electrons. The van der Waals surface area contributed by atoms with Gasteiger partial charge in [-0.3, -0.25) is 9.59 Å². The van der Waals surface area contributed by atoms with Crippen LogP contribution in [0.1, 0.15) is 38.3 Å². The molecule has 0 aromatic carbocycles. The summed E-state index contributed by atoms with van der Waals surface area (Å²) in [5.41, 5.74) is 0.611. The smallest absolute Gasteiger partial charge is 0.251 e. The molecule has 1 aromatic heterocycles. The van der Waals surface area contributed by atoms with E-state index in [0.717, 1.165) is 38.0 Å². The molecule has 0 saturated carbocycles. The Kier molecular flexibility index (Phi) is 5.64. The Labute approximate surface area is 123 Å². The summed E-state index contributed by atoms with van der Waals surface area (Å²) in [6.07, 6.45) is 5.33. The number of hydrogen-bond acceptors (Lipinski definition) is 4. The van der Waals surface area contributed by atoms with Gasteiger partial charge in [0.15, 0.2) is 5.16 Å². The van der Waals surface area contributed by atoms with E-state index in [0.29, 0.717) is 10.9 Å². The standard InChI is InChI=1S/C14H21N3O2S/c1-2-11-9-12(18)16-14(15-11)20-10-13(19)17-7-5-3-4-6-8-17/h9H,2-8,10H2,1H3,(H,15,16,18). The van der Waals surface area contributed by atoms with Crippen LogP contribution in [-0.4, -0.2) is 39.6 Å². The second kappa shape index (κ2) is 7.47. The van der Waals surface area contributed by atoms with Crippen LogP contribution in [0.3, 0.4) is 0 Å². The van der Waals surface area contributed by atoms with E-state index >= 15 is 0 Å². The molecule has 1 aliphatic heterocycles. The van der Waals surface area contributed by atoms with Crippen LogP contribution in [0.15, 0.2) is 16.0 Å². The fourth-order valence-corrected chi connectivity index (χ4v) is 3.07. The molecule has 1 aromatic rings. The van der Waals surface area contributed by atoms with E-state index in [4.69, 9.17) is 0 Å². The zero-order valence-corrected chi connectivity index (χ0v) is 12.7. The molecule has 20 heavy (non-hydrogen) atoms. The summed E-state index contributed by atoms with van der Waals surface area (Å²) >= 11 is 1.31. The highest BCUT2D eigenvalue weighted by atomic mass is 32.2. The van der Waals surface area contributed by atoms with Crippen LogP contribution in [0.4, 0.5) is 0 Å². The second-order valence-corrected chi connectivity index (χ2v) is 5.94. The van der Waals surface area contributed by atoms with Crippen molar-refractivity contribution in [1.82, 2.24) is 14.9 Å². The van der Waals surface area contributed by atoms with Crippen LogP contribution in [0.5, 0.6) is 0 Å². The average Bonchev–Trinajstić information content (AvgIpc) is 2.73. The Morgan fingerprint density at radius 2 is 2.05 bits per heavy atom. The van der Waals surface area contributed by atoms with E-state index < -0.39 is 0 Å². The minimum Gasteiger partial charge on any atom is -0.342 e. The normalized spacial score (nSPS) is 15.9. The number of thioether (sulfide) groups is 1. The predicted octanol–water partition coefficient (Wildman–Crippen LogP) is 1.83. The summed E-state index contributed by atoms with van der Waals surface area (Å²) < 4.78 is 0. The predicted molar refractivity (Wildman–Crippen MR) is 80.0 cm³/mol. The molecule has 0 aliphatic carbocycles. The zero-order valence-electron chi connectivity index (χ0n) is 11.9. The van der Waals surface area contributed by atoms with Gasteiger partial charge in [0.2, 0.25) is 5.91 Å². The van der Waals surface area contributed by atoms with Gasteiger partial charge in [0.1, 0.15) is 0 Å². The molecule has 0 unspecified atom stereocenters. The summed E-state index contributed by atoms with van der Waals surface area (Å²) in [6, 6.07) is 1.50. The first-order valence-electron chi connectivity index (χ1n) is 7.20. The van der Waals surface area contributed by atoms with Gasteiger partial charge in [-0.15, -0.1) is 0 Å². The maximum absolute atomic E-state index is 12.1. The van der Waals surface area contributed by atoms with E-state index in [1.54, 1.807) is 0 Å². The molecule has 1 amide bonds. The zero-order chi connectivity index (χ0) is 14.4. The lowest BCUT2D eigenvalue weighted by atomic mass is 10.2. The van der Waals surface area contributed by atoms with Crippen LogP contribution < -0.4 is 5.56 Å². The van der Waals surface area contributed by atoms with Gasteiger partial charge < -0.3 is 9.88 Å². The number of carbonyl (C=O) groups is 1. The first-order valence-corrected chi connectivity index (χ1v) is 8.18. The lowest BCUT2D eigenvalue weighted by Gasteiger charge is -2.19. The van der Waals surface area contributed by atoms with Gasteiger partial charge in [-0.2, -0.15) is 0 Å². The summed E-state index contributed by atoms with van der Waals surface area (Å²) in [5.74, 6) is 0.484. The minimum absolute atomic E-state index is 0.140. The summed E-state index contributed by atoms with van der Waals surface area (Å²) in [7, 11) is 0. The van der Waals surface area contributed by atoms with Crippen LogP contribution >= 0.6 is 11.8 Å². The molecule has 0 spiro atoms. The van der Waals surface area contributed by atoms with Crippen molar-refractivity contribution in [2.75, 3.05) is 18.8 Å². The molecule has 110 valence electrons. The van der Waals surface area contributed by atoms with Crippen molar-refractivity contribution in [3.63, 3.8) is 0 Å². The SMILES string of the molecule is CCc1cc(=O)[nH]c(SCC(=O)N2CCCCCC2)n1. The van der Waals surface area contributed by atoms with Crippen LogP contribution in [-0.2, 0) is 11.2 Å². The van der Waals surface area contributed by atoms with Crippen molar-refractivity contribution in [3.05, 3.63) is 22.1 Å². The third-order valence-corrected chi connectivity index (χ3v) is 4.28.